The zero-order valence-electron chi connectivity index (χ0n) is 12.8. The molecule has 0 aromatic rings. The molecule has 0 aliphatic heterocycles. The summed E-state index contributed by atoms with van der Waals surface area (Å²) in [6.45, 7) is 2.10. The van der Waals surface area contributed by atoms with E-state index in [9.17, 15) is 15.0 Å². The number of hydrogen-bond acceptors (Lipinski definition) is 3. The van der Waals surface area contributed by atoms with Crippen LogP contribution in [0.25, 0.3) is 0 Å². The number of aliphatic hydroxyl groups is 2. The molecule has 4 aliphatic carbocycles. The SMILES string of the molecule is CC12C(O)CCC1C1CCC3=CC(=O)CCC3C1CC2O. The zero-order chi connectivity index (χ0) is 14.8. The van der Waals surface area contributed by atoms with Crippen molar-refractivity contribution in [2.24, 2.45) is 29.1 Å². The molecular formula is C18H26O3. The predicted octanol–water partition coefficient (Wildman–Crippen LogP) is 2.46. The molecule has 3 nitrogen and oxygen atoms in total. The lowest BCUT2D eigenvalue weighted by atomic mass is 9.51. The Labute approximate surface area is 126 Å². The first-order valence-electron chi connectivity index (χ1n) is 8.61. The third-order valence-electron chi connectivity index (χ3n) is 7.36. The van der Waals surface area contributed by atoms with Crippen LogP contribution in [0.5, 0.6) is 0 Å². The third kappa shape index (κ3) is 1.83. The average Bonchev–Trinajstić information content (AvgIpc) is 2.77. The summed E-state index contributed by atoms with van der Waals surface area (Å²) in [5, 5.41) is 21.1. The van der Waals surface area contributed by atoms with E-state index in [1.54, 1.807) is 0 Å². The molecule has 21 heavy (non-hydrogen) atoms. The Hall–Kier alpha value is -0.670. The summed E-state index contributed by atoms with van der Waals surface area (Å²) in [6.07, 6.45) is 7.72. The highest BCUT2D eigenvalue weighted by molar-refractivity contribution is 5.91. The molecular weight excluding hydrogens is 264 g/mol. The molecule has 3 saturated carbocycles. The molecule has 4 rings (SSSR count). The zero-order valence-corrected chi connectivity index (χ0v) is 12.8. The predicted molar refractivity (Wildman–Crippen MR) is 79.5 cm³/mol. The second-order valence-electron chi connectivity index (χ2n) is 8.01. The fraction of sp³-hybridized carbons (Fsp3) is 0.833. The van der Waals surface area contributed by atoms with Crippen molar-refractivity contribution < 1.29 is 15.0 Å². The smallest absolute Gasteiger partial charge is 0.155 e. The van der Waals surface area contributed by atoms with Crippen LogP contribution in [0.15, 0.2) is 11.6 Å². The Morgan fingerprint density at radius 3 is 2.67 bits per heavy atom. The van der Waals surface area contributed by atoms with Crippen LogP contribution < -0.4 is 0 Å². The Balaban J connectivity index is 1.67. The van der Waals surface area contributed by atoms with Gasteiger partial charge < -0.3 is 10.2 Å². The number of hydrogen-bond donors (Lipinski definition) is 2. The third-order valence-corrected chi connectivity index (χ3v) is 7.36. The quantitative estimate of drug-likeness (QED) is 0.720. The molecule has 0 aromatic heterocycles. The molecule has 0 saturated heterocycles. The average molecular weight is 290 g/mol. The van der Waals surface area contributed by atoms with E-state index in [0.717, 1.165) is 38.5 Å². The first-order chi connectivity index (χ1) is 10.0. The van der Waals surface area contributed by atoms with Crippen molar-refractivity contribution in [1.29, 1.82) is 0 Å². The van der Waals surface area contributed by atoms with Gasteiger partial charge in [-0.15, -0.1) is 0 Å². The minimum absolute atomic E-state index is 0.289. The van der Waals surface area contributed by atoms with Crippen LogP contribution in [0, 0.1) is 29.1 Å². The fourth-order valence-corrected chi connectivity index (χ4v) is 6.16. The van der Waals surface area contributed by atoms with E-state index in [1.807, 2.05) is 6.08 Å². The molecule has 7 atom stereocenters. The molecule has 2 N–H and O–H groups in total. The van der Waals surface area contributed by atoms with Gasteiger partial charge in [0.15, 0.2) is 5.78 Å². The molecule has 0 spiro atoms. The van der Waals surface area contributed by atoms with Crippen molar-refractivity contribution >= 4 is 5.78 Å². The Morgan fingerprint density at radius 2 is 1.86 bits per heavy atom. The molecule has 0 radical (unpaired) electrons. The van der Waals surface area contributed by atoms with Gasteiger partial charge in [-0.2, -0.15) is 0 Å². The van der Waals surface area contributed by atoms with Crippen LogP contribution >= 0.6 is 0 Å². The Kier molecular flexibility index (Phi) is 3.10. The van der Waals surface area contributed by atoms with Crippen LogP contribution in [0.1, 0.15) is 51.9 Å². The second kappa shape index (κ2) is 4.66. The van der Waals surface area contributed by atoms with Crippen LogP contribution in [-0.2, 0) is 4.79 Å². The highest BCUT2D eigenvalue weighted by Gasteiger charge is 2.59. The fourth-order valence-electron chi connectivity index (χ4n) is 6.16. The summed E-state index contributed by atoms with van der Waals surface area (Å²) in [5.41, 5.74) is 1.05. The normalized spacial score (nSPS) is 52.7. The van der Waals surface area contributed by atoms with Crippen molar-refractivity contribution in [2.45, 2.75) is 64.1 Å². The summed E-state index contributed by atoms with van der Waals surface area (Å²) in [5.74, 6) is 2.42. The van der Waals surface area contributed by atoms with Gasteiger partial charge in [0.25, 0.3) is 0 Å². The van der Waals surface area contributed by atoms with Gasteiger partial charge in [0.05, 0.1) is 12.2 Å². The summed E-state index contributed by atoms with van der Waals surface area (Å²) in [6, 6.07) is 0. The molecule has 0 bridgehead atoms. The number of fused-ring (bicyclic) bond motifs is 5. The minimum atomic E-state index is -0.391. The first-order valence-corrected chi connectivity index (χ1v) is 8.61. The molecule has 7 unspecified atom stereocenters. The van der Waals surface area contributed by atoms with E-state index in [0.29, 0.717) is 30.1 Å². The van der Waals surface area contributed by atoms with Gasteiger partial charge in [0.2, 0.25) is 0 Å². The number of carbonyl (C=O) groups is 1. The van der Waals surface area contributed by atoms with Gasteiger partial charge in [-0.1, -0.05) is 12.5 Å². The highest BCUT2D eigenvalue weighted by Crippen LogP contribution is 2.61. The molecule has 116 valence electrons. The van der Waals surface area contributed by atoms with Gasteiger partial charge in [0, 0.05) is 11.8 Å². The molecule has 0 heterocycles. The van der Waals surface area contributed by atoms with E-state index >= 15 is 0 Å². The van der Waals surface area contributed by atoms with E-state index in [1.165, 1.54) is 5.57 Å². The lowest BCUT2D eigenvalue weighted by molar-refractivity contribution is -0.137. The van der Waals surface area contributed by atoms with E-state index in [2.05, 4.69) is 6.92 Å². The van der Waals surface area contributed by atoms with Crippen LogP contribution in [0.3, 0.4) is 0 Å². The maximum atomic E-state index is 11.7. The molecule has 0 aromatic carbocycles. The van der Waals surface area contributed by atoms with Crippen LogP contribution in [0.2, 0.25) is 0 Å². The number of aliphatic hydroxyl groups excluding tert-OH is 2. The van der Waals surface area contributed by atoms with Gasteiger partial charge in [0.1, 0.15) is 0 Å². The van der Waals surface area contributed by atoms with Crippen molar-refractivity contribution in [1.82, 2.24) is 0 Å². The van der Waals surface area contributed by atoms with E-state index < -0.39 is 6.10 Å². The molecule has 3 fully saturated rings. The summed E-state index contributed by atoms with van der Waals surface area (Å²) in [4.78, 5) is 11.7. The summed E-state index contributed by atoms with van der Waals surface area (Å²) in [7, 11) is 0. The first kappa shape index (κ1) is 14.0. The van der Waals surface area contributed by atoms with Crippen LogP contribution in [-0.4, -0.2) is 28.2 Å². The van der Waals surface area contributed by atoms with Gasteiger partial charge >= 0.3 is 0 Å². The van der Waals surface area contributed by atoms with Gasteiger partial charge in [-0.3, -0.25) is 4.79 Å². The minimum Gasteiger partial charge on any atom is -0.392 e. The molecule has 4 aliphatic rings. The monoisotopic (exact) mass is 290 g/mol. The standard InChI is InChI=1S/C18H26O3/c1-18-15(6-7-16(18)20)13-4-2-10-8-11(19)3-5-12(10)14(13)9-17(18)21/h8,12-17,20-21H,2-7,9H2,1H3. The largest absolute Gasteiger partial charge is 0.392 e. The van der Waals surface area contributed by atoms with Crippen molar-refractivity contribution in [3.05, 3.63) is 11.6 Å². The van der Waals surface area contributed by atoms with Crippen LogP contribution in [0.4, 0.5) is 0 Å². The topological polar surface area (TPSA) is 57.5 Å². The maximum Gasteiger partial charge on any atom is 0.155 e. The van der Waals surface area contributed by atoms with E-state index in [-0.39, 0.29) is 17.3 Å². The van der Waals surface area contributed by atoms with Gasteiger partial charge in [-0.25, -0.2) is 0 Å². The number of carbonyl (C=O) groups excluding carboxylic acids is 1. The van der Waals surface area contributed by atoms with Crippen molar-refractivity contribution in [2.75, 3.05) is 0 Å². The molecule has 3 heteroatoms. The molecule has 0 amide bonds. The summed E-state index contributed by atoms with van der Waals surface area (Å²) < 4.78 is 0. The summed E-state index contributed by atoms with van der Waals surface area (Å²) >= 11 is 0. The van der Waals surface area contributed by atoms with E-state index in [4.69, 9.17) is 0 Å². The Morgan fingerprint density at radius 1 is 1.05 bits per heavy atom. The second-order valence-corrected chi connectivity index (χ2v) is 8.01. The number of allylic oxidation sites excluding steroid dienone is 1. The lowest BCUT2D eigenvalue weighted by Gasteiger charge is -2.55. The highest BCUT2D eigenvalue weighted by atomic mass is 16.3. The number of ketones is 1. The Bertz CT molecular complexity index is 497. The lowest BCUT2D eigenvalue weighted by Crippen LogP contribution is -2.55. The van der Waals surface area contributed by atoms with Gasteiger partial charge in [-0.05, 0) is 68.3 Å². The van der Waals surface area contributed by atoms with Crippen molar-refractivity contribution in [3.8, 4) is 0 Å². The van der Waals surface area contributed by atoms with Crippen molar-refractivity contribution in [3.63, 3.8) is 0 Å². The maximum absolute atomic E-state index is 11.7. The number of rotatable bonds is 0.